The average Bonchev–Trinajstić information content (AvgIpc) is 3.12. The molecule has 3 atom stereocenters. The molecule has 0 aromatic carbocycles. The molecule has 0 bridgehead atoms. The van der Waals surface area contributed by atoms with Crippen LogP contribution in [-0.4, -0.2) is 78.9 Å². The molecule has 3 rings (SSSR count). The highest BCUT2D eigenvalue weighted by Crippen LogP contribution is 2.40. The number of piperidine rings is 1. The Balaban J connectivity index is 1.71. The lowest BCUT2D eigenvalue weighted by molar-refractivity contribution is -0.134. The third kappa shape index (κ3) is 3.76. The molecular weight excluding hydrogens is 354 g/mol. The summed E-state index contributed by atoms with van der Waals surface area (Å²) >= 11 is 0. The van der Waals surface area contributed by atoms with Gasteiger partial charge in [0.1, 0.15) is 0 Å². The van der Waals surface area contributed by atoms with E-state index in [0.717, 1.165) is 36.6 Å². The van der Waals surface area contributed by atoms with E-state index in [1.165, 1.54) is 19.3 Å². The number of hydrogen-bond donors (Lipinski definition) is 0. The molecule has 1 unspecified atom stereocenters. The summed E-state index contributed by atoms with van der Waals surface area (Å²) in [6.45, 7) is 5.40. The fraction of sp³-hybridized carbons (Fsp3) is 0.889. The Hall–Kier alpha value is -1.15. The molecule has 148 valence electrons. The number of carbonyl (C=O) groups excluding carboxylic acids is 2. The van der Waals surface area contributed by atoms with Gasteiger partial charge in [-0.05, 0) is 38.8 Å². The number of carbonyl (C=O) groups is 2. The summed E-state index contributed by atoms with van der Waals surface area (Å²) in [5.74, 6) is -0.647. The second-order valence-electron chi connectivity index (χ2n) is 7.88. The lowest BCUT2D eigenvalue weighted by atomic mass is 9.94. The van der Waals surface area contributed by atoms with E-state index in [1.54, 1.807) is 4.90 Å². The zero-order valence-corrected chi connectivity index (χ0v) is 16.7. The van der Waals surface area contributed by atoms with Gasteiger partial charge in [-0.3, -0.25) is 9.59 Å². The molecule has 0 aromatic heterocycles. The van der Waals surface area contributed by atoms with E-state index < -0.39 is 10.0 Å². The number of rotatable bonds is 6. The van der Waals surface area contributed by atoms with Crippen LogP contribution in [0, 0.1) is 5.92 Å². The first-order chi connectivity index (χ1) is 12.3. The van der Waals surface area contributed by atoms with Crippen molar-refractivity contribution in [1.82, 2.24) is 14.1 Å². The van der Waals surface area contributed by atoms with Crippen molar-refractivity contribution >= 4 is 21.8 Å². The van der Waals surface area contributed by atoms with E-state index in [2.05, 4.69) is 4.90 Å². The highest BCUT2D eigenvalue weighted by atomic mass is 32.2. The van der Waals surface area contributed by atoms with Crippen LogP contribution in [-0.2, 0) is 19.6 Å². The van der Waals surface area contributed by atoms with E-state index in [1.807, 2.05) is 6.92 Å². The molecule has 3 aliphatic heterocycles. The normalized spacial score (nSPS) is 30.1. The number of likely N-dealkylation sites (tertiary alicyclic amines) is 2. The average molecular weight is 386 g/mol. The molecule has 0 saturated carbocycles. The lowest BCUT2D eigenvalue weighted by Gasteiger charge is -2.30. The Bertz CT molecular complexity index is 645. The maximum Gasteiger partial charge on any atom is 0.241 e. The van der Waals surface area contributed by atoms with Gasteiger partial charge in [-0.15, -0.1) is 0 Å². The molecule has 0 radical (unpaired) electrons. The Morgan fingerprint density at radius 1 is 1.15 bits per heavy atom. The fourth-order valence-electron chi connectivity index (χ4n) is 4.90. The number of sulfonamides is 1. The van der Waals surface area contributed by atoms with Gasteiger partial charge < -0.3 is 9.80 Å². The second-order valence-corrected chi connectivity index (χ2v) is 9.74. The Labute approximate surface area is 156 Å². The SMILES string of the molecule is CCCC1C(=O)N(S(C)(=O)=O)[C@H]2CCN(C(=O)CCN3CCCCC3)[C@H]12. The van der Waals surface area contributed by atoms with Crippen LogP contribution in [0.1, 0.15) is 51.9 Å². The van der Waals surface area contributed by atoms with Gasteiger partial charge in [-0.25, -0.2) is 12.7 Å². The predicted octanol–water partition coefficient (Wildman–Crippen LogP) is 1.05. The standard InChI is InChI=1S/C18H31N3O4S/c1-3-7-14-17-15(21(18(14)23)26(2,24)25)8-13-20(17)16(22)9-12-19-10-5-4-6-11-19/h14-15,17H,3-13H2,1-2H3/t14?,15-,17+/m0/s1. The summed E-state index contributed by atoms with van der Waals surface area (Å²) < 4.78 is 25.3. The quantitative estimate of drug-likeness (QED) is 0.683. The summed E-state index contributed by atoms with van der Waals surface area (Å²) in [4.78, 5) is 29.7. The predicted molar refractivity (Wildman–Crippen MR) is 98.9 cm³/mol. The summed E-state index contributed by atoms with van der Waals surface area (Å²) in [5, 5.41) is 0. The van der Waals surface area contributed by atoms with Gasteiger partial charge in [0.15, 0.2) is 0 Å². The van der Waals surface area contributed by atoms with Crippen LogP contribution in [0.3, 0.4) is 0 Å². The summed E-state index contributed by atoms with van der Waals surface area (Å²) in [6.07, 6.45) is 7.18. The van der Waals surface area contributed by atoms with Gasteiger partial charge in [-0.1, -0.05) is 19.8 Å². The Kier molecular flexibility index (Phi) is 5.91. The molecule has 3 aliphatic rings. The van der Waals surface area contributed by atoms with Crippen molar-refractivity contribution in [2.24, 2.45) is 5.92 Å². The lowest BCUT2D eigenvalue weighted by Crippen LogP contribution is -2.44. The van der Waals surface area contributed by atoms with E-state index in [-0.39, 0.29) is 29.8 Å². The molecule has 3 heterocycles. The van der Waals surface area contributed by atoms with Crippen molar-refractivity contribution < 1.29 is 18.0 Å². The third-order valence-electron chi connectivity index (χ3n) is 6.04. The molecule has 0 spiro atoms. The van der Waals surface area contributed by atoms with E-state index >= 15 is 0 Å². The second kappa shape index (κ2) is 7.84. The van der Waals surface area contributed by atoms with Gasteiger partial charge in [-0.2, -0.15) is 0 Å². The maximum absolute atomic E-state index is 12.9. The highest BCUT2D eigenvalue weighted by Gasteiger charge is 2.56. The van der Waals surface area contributed by atoms with Crippen molar-refractivity contribution in [2.45, 2.75) is 64.0 Å². The minimum Gasteiger partial charge on any atom is -0.337 e. The first-order valence-corrected chi connectivity index (χ1v) is 11.7. The third-order valence-corrected chi connectivity index (χ3v) is 7.20. The van der Waals surface area contributed by atoms with Crippen molar-refractivity contribution in [1.29, 1.82) is 0 Å². The van der Waals surface area contributed by atoms with Gasteiger partial charge in [0.05, 0.1) is 24.3 Å². The largest absolute Gasteiger partial charge is 0.337 e. The topological polar surface area (TPSA) is 78.0 Å². The van der Waals surface area contributed by atoms with Crippen LogP contribution in [0.15, 0.2) is 0 Å². The first kappa shape index (κ1) is 19.6. The molecular formula is C18H31N3O4S. The number of fused-ring (bicyclic) bond motifs is 1. The van der Waals surface area contributed by atoms with Crippen LogP contribution in [0.2, 0.25) is 0 Å². The molecule has 0 N–H and O–H groups in total. The summed E-state index contributed by atoms with van der Waals surface area (Å²) in [6, 6.07) is -0.668. The van der Waals surface area contributed by atoms with Crippen LogP contribution in [0.5, 0.6) is 0 Å². The van der Waals surface area contributed by atoms with Crippen LogP contribution in [0.25, 0.3) is 0 Å². The molecule has 2 amide bonds. The smallest absolute Gasteiger partial charge is 0.241 e. The Morgan fingerprint density at radius 3 is 2.46 bits per heavy atom. The molecule has 0 aliphatic carbocycles. The maximum atomic E-state index is 12.9. The molecule has 3 fully saturated rings. The summed E-state index contributed by atoms with van der Waals surface area (Å²) in [7, 11) is -3.60. The number of amides is 2. The van der Waals surface area contributed by atoms with Crippen LogP contribution >= 0.6 is 0 Å². The van der Waals surface area contributed by atoms with Gasteiger partial charge in [0, 0.05) is 19.5 Å². The van der Waals surface area contributed by atoms with Crippen molar-refractivity contribution in [3.8, 4) is 0 Å². The molecule has 0 aromatic rings. The zero-order valence-electron chi connectivity index (χ0n) is 15.9. The Morgan fingerprint density at radius 2 is 1.85 bits per heavy atom. The highest BCUT2D eigenvalue weighted by molar-refractivity contribution is 7.88. The van der Waals surface area contributed by atoms with Gasteiger partial charge in [0.25, 0.3) is 0 Å². The van der Waals surface area contributed by atoms with Gasteiger partial charge in [0.2, 0.25) is 21.8 Å². The molecule has 7 nitrogen and oxygen atoms in total. The van der Waals surface area contributed by atoms with E-state index in [0.29, 0.717) is 25.8 Å². The first-order valence-electron chi connectivity index (χ1n) is 9.89. The van der Waals surface area contributed by atoms with Crippen LogP contribution in [0.4, 0.5) is 0 Å². The minimum atomic E-state index is -3.60. The number of nitrogens with zero attached hydrogens (tertiary/aromatic N) is 3. The molecule has 26 heavy (non-hydrogen) atoms. The monoisotopic (exact) mass is 385 g/mol. The zero-order chi connectivity index (χ0) is 18.9. The van der Waals surface area contributed by atoms with Crippen LogP contribution < -0.4 is 0 Å². The van der Waals surface area contributed by atoms with Crippen molar-refractivity contribution in [2.75, 3.05) is 32.4 Å². The fourth-order valence-corrected chi connectivity index (χ4v) is 6.08. The molecule has 3 saturated heterocycles. The van der Waals surface area contributed by atoms with E-state index in [4.69, 9.17) is 0 Å². The number of hydrogen-bond acceptors (Lipinski definition) is 5. The summed E-state index contributed by atoms with van der Waals surface area (Å²) in [5.41, 5.74) is 0. The molecule has 8 heteroatoms. The van der Waals surface area contributed by atoms with Crippen molar-refractivity contribution in [3.05, 3.63) is 0 Å². The van der Waals surface area contributed by atoms with E-state index in [9.17, 15) is 18.0 Å². The van der Waals surface area contributed by atoms with Gasteiger partial charge >= 0.3 is 0 Å². The minimum absolute atomic E-state index is 0.0623. The van der Waals surface area contributed by atoms with Crippen molar-refractivity contribution in [3.63, 3.8) is 0 Å².